The first-order chi connectivity index (χ1) is 17.4. The van der Waals surface area contributed by atoms with E-state index in [1.54, 1.807) is 16.7 Å². The quantitative estimate of drug-likeness (QED) is 0.293. The summed E-state index contributed by atoms with van der Waals surface area (Å²) < 4.78 is 30.9. The SMILES string of the molecule is Oc1c2c(Cl)cc(CC3CCN(Cc4ccncc4)CC3)cc2cn1Cc1ccc(OC(F)F)cc1. The number of aromatic hydroxyl groups is 1. The summed E-state index contributed by atoms with van der Waals surface area (Å²) >= 11 is 6.61. The summed E-state index contributed by atoms with van der Waals surface area (Å²) in [7, 11) is 0. The Morgan fingerprint density at radius 2 is 1.67 bits per heavy atom. The number of ether oxygens (including phenoxy) is 1. The van der Waals surface area contributed by atoms with Crippen LogP contribution in [-0.4, -0.2) is 39.3 Å². The second kappa shape index (κ2) is 10.8. The number of likely N-dealkylation sites (tertiary alicyclic amines) is 1. The van der Waals surface area contributed by atoms with Crippen LogP contribution in [0.15, 0.2) is 67.1 Å². The number of nitrogens with zero attached hydrogens (tertiary/aromatic N) is 3. The molecule has 0 unspecified atom stereocenters. The maximum Gasteiger partial charge on any atom is 0.387 e. The van der Waals surface area contributed by atoms with Crippen LogP contribution < -0.4 is 4.74 Å². The van der Waals surface area contributed by atoms with Gasteiger partial charge >= 0.3 is 6.61 Å². The van der Waals surface area contributed by atoms with E-state index in [0.29, 0.717) is 22.9 Å². The molecule has 0 amide bonds. The van der Waals surface area contributed by atoms with Crippen molar-refractivity contribution in [1.82, 2.24) is 14.5 Å². The molecule has 0 saturated carbocycles. The van der Waals surface area contributed by atoms with Gasteiger partial charge in [0.25, 0.3) is 0 Å². The van der Waals surface area contributed by atoms with Gasteiger partial charge in [0.05, 0.1) is 17.0 Å². The summed E-state index contributed by atoms with van der Waals surface area (Å²) in [4.78, 5) is 6.58. The molecule has 0 atom stereocenters. The van der Waals surface area contributed by atoms with Crippen molar-refractivity contribution in [2.45, 2.75) is 39.0 Å². The molecule has 0 aliphatic carbocycles. The van der Waals surface area contributed by atoms with Crippen LogP contribution in [0.25, 0.3) is 10.8 Å². The fraction of sp³-hybridized carbons (Fsp3) is 0.321. The highest BCUT2D eigenvalue weighted by Gasteiger charge is 2.21. The van der Waals surface area contributed by atoms with Gasteiger partial charge < -0.3 is 14.4 Å². The molecule has 1 aliphatic heterocycles. The molecule has 1 aliphatic rings. The minimum atomic E-state index is -2.86. The Morgan fingerprint density at radius 3 is 2.36 bits per heavy atom. The van der Waals surface area contributed by atoms with Crippen molar-refractivity contribution in [3.63, 3.8) is 0 Å². The van der Waals surface area contributed by atoms with Crippen LogP contribution in [0.4, 0.5) is 8.78 Å². The zero-order valence-corrected chi connectivity index (χ0v) is 20.5. The Kier molecular flexibility index (Phi) is 7.39. The average Bonchev–Trinajstić information content (AvgIpc) is 3.17. The number of aromatic nitrogens is 2. The van der Waals surface area contributed by atoms with Crippen LogP contribution in [0.1, 0.15) is 29.5 Å². The van der Waals surface area contributed by atoms with Gasteiger partial charge in [-0.2, -0.15) is 8.78 Å². The fourth-order valence-electron chi connectivity index (χ4n) is 5.04. The molecular formula is C28H28ClF2N3O2. The zero-order valence-electron chi connectivity index (χ0n) is 19.8. The molecule has 0 bridgehead atoms. The van der Waals surface area contributed by atoms with Crippen LogP contribution in [-0.2, 0) is 19.5 Å². The molecule has 36 heavy (non-hydrogen) atoms. The number of hydrogen-bond acceptors (Lipinski definition) is 4. The van der Waals surface area contributed by atoms with Gasteiger partial charge in [-0.15, -0.1) is 0 Å². The van der Waals surface area contributed by atoms with Crippen LogP contribution in [0, 0.1) is 5.92 Å². The third kappa shape index (κ3) is 5.79. The number of fused-ring (bicyclic) bond motifs is 1. The van der Waals surface area contributed by atoms with Crippen LogP contribution in [0.3, 0.4) is 0 Å². The first-order valence-electron chi connectivity index (χ1n) is 12.1. The van der Waals surface area contributed by atoms with E-state index in [9.17, 15) is 13.9 Å². The van der Waals surface area contributed by atoms with Crippen LogP contribution in [0.2, 0.25) is 5.02 Å². The third-order valence-corrected chi connectivity index (χ3v) is 7.16. The van der Waals surface area contributed by atoms with E-state index in [0.717, 1.165) is 49.8 Å². The predicted molar refractivity (Wildman–Crippen MR) is 137 cm³/mol. The zero-order chi connectivity index (χ0) is 25.1. The molecule has 5 rings (SSSR count). The minimum Gasteiger partial charge on any atom is -0.494 e. The molecule has 5 nitrogen and oxygen atoms in total. The Hall–Kier alpha value is -3.16. The number of alkyl halides is 2. The number of rotatable bonds is 8. The molecule has 8 heteroatoms. The molecule has 1 fully saturated rings. The lowest BCUT2D eigenvalue weighted by Crippen LogP contribution is -2.33. The molecule has 1 saturated heterocycles. The summed E-state index contributed by atoms with van der Waals surface area (Å²) in [6.07, 6.45) is 8.80. The third-order valence-electron chi connectivity index (χ3n) is 6.86. The number of benzene rings is 2. The molecule has 0 spiro atoms. The average molecular weight is 512 g/mol. The van der Waals surface area contributed by atoms with Gasteiger partial charge in [0.2, 0.25) is 5.88 Å². The molecule has 1 N–H and O–H groups in total. The molecule has 0 radical (unpaired) electrons. The normalized spacial score (nSPS) is 15.1. The van der Waals surface area contributed by atoms with Crippen molar-refractivity contribution in [1.29, 1.82) is 0 Å². The first kappa shape index (κ1) is 24.5. The van der Waals surface area contributed by atoms with Gasteiger partial charge in [0.1, 0.15) is 5.75 Å². The van der Waals surface area contributed by atoms with Gasteiger partial charge in [-0.3, -0.25) is 9.88 Å². The van der Waals surface area contributed by atoms with Crippen molar-refractivity contribution in [3.8, 4) is 11.6 Å². The van der Waals surface area contributed by atoms with E-state index >= 15 is 0 Å². The molecule has 2 aromatic carbocycles. The second-order valence-electron chi connectivity index (χ2n) is 9.42. The maximum absolute atomic E-state index is 12.4. The largest absolute Gasteiger partial charge is 0.494 e. The standard InChI is InChI=1S/C28H28ClF2N3O2/c29-25-15-22(13-19-7-11-33(12-8-19)16-21-5-9-32-10-6-21)14-23-18-34(27(35)26(23)25)17-20-1-3-24(4-2-20)36-28(30)31/h1-6,9-10,14-15,18-19,28,35H,7-8,11-13,16-17H2. The van der Waals surface area contributed by atoms with Crippen molar-refractivity contribution < 1.29 is 18.6 Å². The first-order valence-corrected chi connectivity index (χ1v) is 12.5. The second-order valence-corrected chi connectivity index (χ2v) is 9.83. The highest BCUT2D eigenvalue weighted by atomic mass is 35.5. The summed E-state index contributed by atoms with van der Waals surface area (Å²) in [5.41, 5.74) is 3.32. The maximum atomic E-state index is 12.4. The highest BCUT2D eigenvalue weighted by molar-refractivity contribution is 6.36. The number of piperidine rings is 1. The lowest BCUT2D eigenvalue weighted by molar-refractivity contribution is -0.0498. The lowest BCUT2D eigenvalue weighted by Gasteiger charge is -2.32. The van der Waals surface area contributed by atoms with E-state index in [1.807, 2.05) is 24.7 Å². The van der Waals surface area contributed by atoms with Gasteiger partial charge in [-0.1, -0.05) is 23.7 Å². The van der Waals surface area contributed by atoms with Crippen LogP contribution in [0.5, 0.6) is 11.6 Å². The van der Waals surface area contributed by atoms with Gasteiger partial charge in [0, 0.05) is 30.5 Å². The molecule has 3 heterocycles. The smallest absolute Gasteiger partial charge is 0.387 e. The van der Waals surface area contributed by atoms with E-state index < -0.39 is 6.61 Å². The molecule has 188 valence electrons. The minimum absolute atomic E-state index is 0.0962. The number of pyridine rings is 1. The summed E-state index contributed by atoms with van der Waals surface area (Å²) in [5.74, 6) is 0.794. The Labute approximate surface area is 213 Å². The van der Waals surface area contributed by atoms with Crippen molar-refractivity contribution in [2.75, 3.05) is 13.1 Å². The van der Waals surface area contributed by atoms with E-state index in [1.165, 1.54) is 23.3 Å². The van der Waals surface area contributed by atoms with E-state index in [4.69, 9.17) is 11.6 Å². The fourth-order valence-corrected chi connectivity index (χ4v) is 5.37. The topological polar surface area (TPSA) is 50.5 Å². The summed E-state index contributed by atoms with van der Waals surface area (Å²) in [5, 5.41) is 12.9. The van der Waals surface area contributed by atoms with E-state index in [-0.39, 0.29) is 11.6 Å². The van der Waals surface area contributed by atoms with Crippen molar-refractivity contribution >= 4 is 22.4 Å². The van der Waals surface area contributed by atoms with Gasteiger partial charge in [0.15, 0.2) is 0 Å². The lowest BCUT2D eigenvalue weighted by atomic mass is 9.89. The number of hydrogen-bond donors (Lipinski definition) is 1. The van der Waals surface area contributed by atoms with Crippen molar-refractivity contribution in [2.24, 2.45) is 5.92 Å². The van der Waals surface area contributed by atoms with Crippen molar-refractivity contribution in [3.05, 3.63) is 88.8 Å². The van der Waals surface area contributed by atoms with E-state index in [2.05, 4.69) is 32.8 Å². The van der Waals surface area contributed by atoms with Gasteiger partial charge in [-0.05, 0) is 91.4 Å². The summed E-state index contributed by atoms with van der Waals surface area (Å²) in [6.45, 7) is 0.632. The predicted octanol–water partition coefficient (Wildman–Crippen LogP) is 6.50. The molecule has 2 aromatic heterocycles. The molecular weight excluding hydrogens is 484 g/mol. The highest BCUT2D eigenvalue weighted by Crippen LogP contribution is 2.36. The Balaban J connectivity index is 1.24. The summed E-state index contributed by atoms with van der Waals surface area (Å²) in [6, 6.07) is 14.6. The number of halogens is 3. The Bertz CT molecular complexity index is 1300. The van der Waals surface area contributed by atoms with Crippen LogP contribution >= 0.6 is 11.6 Å². The monoisotopic (exact) mass is 511 g/mol. The molecule has 4 aromatic rings. The van der Waals surface area contributed by atoms with Gasteiger partial charge in [-0.25, -0.2) is 0 Å². The Morgan fingerprint density at radius 1 is 0.972 bits per heavy atom.